The van der Waals surface area contributed by atoms with Gasteiger partial charge in [0, 0.05) is 6.04 Å². The number of likely N-dealkylation sites (tertiary alicyclic amines) is 1. The molecule has 0 radical (unpaired) electrons. The summed E-state index contributed by atoms with van der Waals surface area (Å²) in [6.45, 7) is 4.42. The van der Waals surface area contributed by atoms with E-state index in [0.717, 1.165) is 37.8 Å². The van der Waals surface area contributed by atoms with E-state index in [1.165, 1.54) is 45.1 Å². The largest absolute Gasteiger partial charge is 0.313 e. The minimum atomic E-state index is -0.595. The van der Waals surface area contributed by atoms with Gasteiger partial charge in [-0.2, -0.15) is 5.26 Å². The Morgan fingerprint density at radius 2 is 2.00 bits per heavy atom. The summed E-state index contributed by atoms with van der Waals surface area (Å²) in [7, 11) is 0. The summed E-state index contributed by atoms with van der Waals surface area (Å²) in [5.41, 5.74) is 5.47. The highest BCUT2D eigenvalue weighted by molar-refractivity contribution is 5.03. The fourth-order valence-electron chi connectivity index (χ4n) is 3.91. The van der Waals surface area contributed by atoms with E-state index in [2.05, 4.69) is 11.0 Å². The predicted molar refractivity (Wildman–Crippen MR) is 78.6 cm³/mol. The molecule has 0 aromatic carbocycles. The molecule has 0 amide bonds. The predicted octanol–water partition coefficient (Wildman–Crippen LogP) is 3.05. The highest BCUT2D eigenvalue weighted by Gasteiger charge is 2.33. The number of hydrogen-bond acceptors (Lipinski definition) is 3. The molecular formula is C16H29N3. The Labute approximate surface area is 118 Å². The molecule has 3 atom stereocenters. The van der Waals surface area contributed by atoms with Gasteiger partial charge in [-0.05, 0) is 64.0 Å². The van der Waals surface area contributed by atoms with E-state index in [1.54, 1.807) is 0 Å². The summed E-state index contributed by atoms with van der Waals surface area (Å²) in [5, 5.41) is 9.12. The summed E-state index contributed by atoms with van der Waals surface area (Å²) in [4.78, 5) is 2.70. The van der Waals surface area contributed by atoms with Crippen LogP contribution in [0.1, 0.15) is 64.7 Å². The standard InChI is InChI=1S/C16H29N3/c1-2-16(18,13-17)10-6-12-19-11-5-8-14-7-3-4-9-15(14)19/h14-15H,2-12,18H2,1H3. The first-order valence-electron chi connectivity index (χ1n) is 8.13. The van der Waals surface area contributed by atoms with Crippen LogP contribution in [0.4, 0.5) is 0 Å². The molecule has 19 heavy (non-hydrogen) atoms. The molecule has 2 N–H and O–H groups in total. The van der Waals surface area contributed by atoms with E-state index in [1.807, 2.05) is 6.92 Å². The first-order valence-corrected chi connectivity index (χ1v) is 8.13. The molecule has 0 aromatic heterocycles. The Balaban J connectivity index is 1.80. The van der Waals surface area contributed by atoms with Gasteiger partial charge in [0.15, 0.2) is 0 Å². The van der Waals surface area contributed by atoms with Crippen molar-refractivity contribution in [2.24, 2.45) is 11.7 Å². The lowest BCUT2D eigenvalue weighted by Crippen LogP contribution is -2.47. The van der Waals surface area contributed by atoms with Gasteiger partial charge in [-0.1, -0.05) is 19.8 Å². The zero-order valence-corrected chi connectivity index (χ0v) is 12.4. The van der Waals surface area contributed by atoms with Crippen LogP contribution in [0.25, 0.3) is 0 Å². The van der Waals surface area contributed by atoms with Crippen molar-refractivity contribution in [1.82, 2.24) is 4.90 Å². The molecule has 3 heteroatoms. The zero-order valence-electron chi connectivity index (χ0n) is 12.4. The van der Waals surface area contributed by atoms with Crippen molar-refractivity contribution in [3.8, 4) is 6.07 Å². The van der Waals surface area contributed by atoms with E-state index in [9.17, 15) is 0 Å². The molecule has 2 fully saturated rings. The van der Waals surface area contributed by atoms with Gasteiger partial charge >= 0.3 is 0 Å². The third-order valence-electron chi connectivity index (χ3n) is 5.28. The molecule has 3 nitrogen and oxygen atoms in total. The van der Waals surface area contributed by atoms with Crippen molar-refractivity contribution in [3.63, 3.8) is 0 Å². The van der Waals surface area contributed by atoms with E-state index < -0.39 is 5.54 Å². The van der Waals surface area contributed by atoms with Crippen LogP contribution >= 0.6 is 0 Å². The number of nitriles is 1. The molecule has 1 aliphatic heterocycles. The number of rotatable bonds is 5. The van der Waals surface area contributed by atoms with Crippen LogP contribution in [-0.2, 0) is 0 Å². The molecule has 1 saturated carbocycles. The summed E-state index contributed by atoms with van der Waals surface area (Å²) in [6, 6.07) is 3.11. The van der Waals surface area contributed by atoms with E-state index in [4.69, 9.17) is 11.0 Å². The third kappa shape index (κ3) is 3.70. The second kappa shape index (κ2) is 6.72. The molecule has 1 saturated heterocycles. The summed E-state index contributed by atoms with van der Waals surface area (Å²) >= 11 is 0. The molecule has 2 aliphatic rings. The maximum Gasteiger partial charge on any atom is 0.104 e. The number of hydrogen-bond donors (Lipinski definition) is 1. The molecule has 0 spiro atoms. The maximum atomic E-state index is 9.12. The smallest absolute Gasteiger partial charge is 0.104 e. The Morgan fingerprint density at radius 1 is 1.26 bits per heavy atom. The van der Waals surface area contributed by atoms with Crippen LogP contribution in [0.5, 0.6) is 0 Å². The second-order valence-electron chi connectivity index (χ2n) is 6.52. The molecule has 1 heterocycles. The SMILES string of the molecule is CCC(N)(C#N)CCCN1CCCC2CCCCC21. The lowest BCUT2D eigenvalue weighted by Gasteiger charge is -2.44. The van der Waals surface area contributed by atoms with Gasteiger partial charge in [0.25, 0.3) is 0 Å². The van der Waals surface area contributed by atoms with E-state index >= 15 is 0 Å². The highest BCUT2D eigenvalue weighted by Crippen LogP contribution is 2.35. The van der Waals surface area contributed by atoms with Gasteiger partial charge in [-0.25, -0.2) is 0 Å². The average Bonchev–Trinajstić information content (AvgIpc) is 2.47. The normalized spacial score (nSPS) is 31.2. The monoisotopic (exact) mass is 263 g/mol. The minimum Gasteiger partial charge on any atom is -0.313 e. The first kappa shape index (κ1) is 14.8. The topological polar surface area (TPSA) is 53.1 Å². The van der Waals surface area contributed by atoms with Crippen molar-refractivity contribution in [3.05, 3.63) is 0 Å². The molecule has 3 unspecified atom stereocenters. The fraction of sp³-hybridized carbons (Fsp3) is 0.938. The van der Waals surface area contributed by atoms with Gasteiger partial charge in [0.1, 0.15) is 5.54 Å². The van der Waals surface area contributed by atoms with Gasteiger partial charge in [0.05, 0.1) is 6.07 Å². The Morgan fingerprint density at radius 3 is 2.74 bits per heavy atom. The maximum absolute atomic E-state index is 9.12. The average molecular weight is 263 g/mol. The van der Waals surface area contributed by atoms with Crippen molar-refractivity contribution in [2.75, 3.05) is 13.1 Å². The first-order chi connectivity index (χ1) is 9.18. The third-order valence-corrected chi connectivity index (χ3v) is 5.28. The highest BCUT2D eigenvalue weighted by atomic mass is 15.2. The van der Waals surface area contributed by atoms with Crippen molar-refractivity contribution in [2.45, 2.75) is 76.3 Å². The van der Waals surface area contributed by atoms with Crippen LogP contribution in [0.2, 0.25) is 0 Å². The van der Waals surface area contributed by atoms with E-state index in [-0.39, 0.29) is 0 Å². The molecular weight excluding hydrogens is 234 g/mol. The van der Waals surface area contributed by atoms with Gasteiger partial charge in [-0.3, -0.25) is 0 Å². The van der Waals surface area contributed by atoms with Crippen molar-refractivity contribution >= 4 is 0 Å². The molecule has 0 aromatic rings. The van der Waals surface area contributed by atoms with Gasteiger partial charge in [0.2, 0.25) is 0 Å². The number of nitrogens with zero attached hydrogens (tertiary/aromatic N) is 2. The van der Waals surface area contributed by atoms with Gasteiger partial charge < -0.3 is 10.6 Å². The van der Waals surface area contributed by atoms with Crippen LogP contribution in [0.15, 0.2) is 0 Å². The molecule has 0 bridgehead atoms. The number of piperidine rings is 1. The lowest BCUT2D eigenvalue weighted by atomic mass is 9.78. The van der Waals surface area contributed by atoms with Crippen LogP contribution in [0.3, 0.4) is 0 Å². The lowest BCUT2D eigenvalue weighted by molar-refractivity contribution is 0.0587. The quantitative estimate of drug-likeness (QED) is 0.829. The van der Waals surface area contributed by atoms with Crippen LogP contribution in [-0.4, -0.2) is 29.6 Å². The fourth-order valence-corrected chi connectivity index (χ4v) is 3.91. The van der Waals surface area contributed by atoms with Crippen molar-refractivity contribution < 1.29 is 0 Å². The van der Waals surface area contributed by atoms with E-state index in [0.29, 0.717) is 0 Å². The Kier molecular flexibility index (Phi) is 5.24. The second-order valence-corrected chi connectivity index (χ2v) is 6.52. The Bertz CT molecular complexity index is 320. The number of fused-ring (bicyclic) bond motifs is 1. The summed E-state index contributed by atoms with van der Waals surface area (Å²) in [6.07, 6.45) is 11.1. The van der Waals surface area contributed by atoms with Crippen LogP contribution < -0.4 is 5.73 Å². The zero-order chi connectivity index (χ0) is 13.7. The Hall–Kier alpha value is -0.590. The van der Waals surface area contributed by atoms with Gasteiger partial charge in [-0.15, -0.1) is 0 Å². The minimum absolute atomic E-state index is 0.595. The number of nitrogens with two attached hydrogens (primary N) is 1. The molecule has 2 rings (SSSR count). The van der Waals surface area contributed by atoms with Crippen LogP contribution in [0, 0.1) is 17.2 Å². The molecule has 108 valence electrons. The summed E-state index contributed by atoms with van der Waals surface area (Å²) in [5.74, 6) is 0.951. The molecule has 1 aliphatic carbocycles. The summed E-state index contributed by atoms with van der Waals surface area (Å²) < 4.78 is 0. The van der Waals surface area contributed by atoms with Crippen molar-refractivity contribution in [1.29, 1.82) is 5.26 Å².